The van der Waals surface area contributed by atoms with Gasteiger partial charge < -0.3 is 15.1 Å². The van der Waals surface area contributed by atoms with Crippen LogP contribution in [0.15, 0.2) is 35.6 Å². The molecule has 7 heteroatoms. The van der Waals surface area contributed by atoms with E-state index in [1.807, 2.05) is 31.6 Å². The van der Waals surface area contributed by atoms with Crippen molar-refractivity contribution >= 4 is 23.1 Å². The number of rotatable bonds is 4. The van der Waals surface area contributed by atoms with Gasteiger partial charge in [-0.2, -0.15) is 0 Å². The van der Waals surface area contributed by atoms with Crippen LogP contribution in [0.2, 0.25) is 0 Å². The summed E-state index contributed by atoms with van der Waals surface area (Å²) in [6, 6.07) is 6.05. The summed E-state index contributed by atoms with van der Waals surface area (Å²) in [6.07, 6.45) is 4.86. The van der Waals surface area contributed by atoms with E-state index in [2.05, 4.69) is 43.1 Å². The maximum atomic E-state index is 4.46. The van der Waals surface area contributed by atoms with Crippen molar-refractivity contribution in [3.8, 4) is 0 Å². The average Bonchev–Trinajstić information content (AvgIpc) is 3.12. The number of hydrogen-bond donors (Lipinski definition) is 1. The van der Waals surface area contributed by atoms with Gasteiger partial charge in [0.2, 0.25) is 0 Å². The summed E-state index contributed by atoms with van der Waals surface area (Å²) in [5.74, 6) is 2.00. The highest BCUT2D eigenvalue weighted by Crippen LogP contribution is 2.14. The monoisotopic (exact) mass is 344 g/mol. The number of guanidine groups is 1. The lowest BCUT2D eigenvalue weighted by molar-refractivity contribution is 0.371. The first-order chi connectivity index (χ1) is 11.8. The summed E-state index contributed by atoms with van der Waals surface area (Å²) in [5.41, 5.74) is 0. The highest BCUT2D eigenvalue weighted by atomic mass is 32.1. The molecule has 0 spiro atoms. The van der Waals surface area contributed by atoms with Crippen LogP contribution in [0, 0.1) is 0 Å². The second kappa shape index (κ2) is 8.10. The second-order valence-electron chi connectivity index (χ2n) is 5.64. The quantitative estimate of drug-likeness (QED) is 0.679. The minimum Gasteiger partial charge on any atom is -0.353 e. The number of aliphatic imine (C=N–C) groups is 1. The Kier molecular flexibility index (Phi) is 5.63. The van der Waals surface area contributed by atoms with Crippen molar-refractivity contribution in [1.29, 1.82) is 0 Å². The third kappa shape index (κ3) is 4.03. The van der Waals surface area contributed by atoms with Crippen molar-refractivity contribution < 1.29 is 0 Å². The Hall–Kier alpha value is -2.15. The smallest absolute Gasteiger partial charge is 0.194 e. The van der Waals surface area contributed by atoms with Gasteiger partial charge in [-0.15, -0.1) is 11.3 Å². The molecule has 0 atom stereocenters. The molecule has 0 amide bonds. The van der Waals surface area contributed by atoms with Crippen LogP contribution in [0.5, 0.6) is 0 Å². The number of aryl methyl sites for hydroxylation is 1. The van der Waals surface area contributed by atoms with Gasteiger partial charge in [-0.1, -0.05) is 13.0 Å². The summed E-state index contributed by atoms with van der Waals surface area (Å²) in [4.78, 5) is 19.3. The van der Waals surface area contributed by atoms with E-state index in [1.165, 1.54) is 4.88 Å². The fourth-order valence-electron chi connectivity index (χ4n) is 2.77. The number of pyridine rings is 1. The van der Waals surface area contributed by atoms with Crippen LogP contribution in [0.4, 0.5) is 5.82 Å². The van der Waals surface area contributed by atoms with Gasteiger partial charge in [0.1, 0.15) is 10.8 Å². The van der Waals surface area contributed by atoms with E-state index < -0.39 is 0 Å². The molecule has 3 heterocycles. The van der Waals surface area contributed by atoms with Gasteiger partial charge in [-0.05, 0) is 18.6 Å². The number of thiazole rings is 1. The zero-order valence-electron chi connectivity index (χ0n) is 14.3. The Labute approximate surface area is 147 Å². The Morgan fingerprint density at radius 3 is 2.71 bits per heavy atom. The van der Waals surface area contributed by atoms with Crippen molar-refractivity contribution in [2.24, 2.45) is 4.99 Å². The Balaban J connectivity index is 1.52. The standard InChI is InChI=1S/C17H24N6S/c1-3-14-12-20-16(24-14)13-21-17(18-2)23-10-8-22(9-11-23)15-6-4-5-7-19-15/h4-7,12H,3,8-11,13H2,1-2H3,(H,18,21). The summed E-state index contributed by atoms with van der Waals surface area (Å²) >= 11 is 1.77. The molecule has 0 aromatic carbocycles. The predicted octanol–water partition coefficient (Wildman–Crippen LogP) is 2.00. The Bertz CT molecular complexity index is 661. The topological polar surface area (TPSA) is 56.7 Å². The molecule has 0 radical (unpaired) electrons. The first kappa shape index (κ1) is 16.7. The van der Waals surface area contributed by atoms with Gasteiger partial charge in [0.15, 0.2) is 5.96 Å². The van der Waals surface area contributed by atoms with Crippen molar-refractivity contribution in [1.82, 2.24) is 20.2 Å². The number of anilines is 1. The fraction of sp³-hybridized carbons (Fsp3) is 0.471. The van der Waals surface area contributed by atoms with Crippen molar-refractivity contribution in [2.45, 2.75) is 19.9 Å². The molecule has 1 N–H and O–H groups in total. The van der Waals surface area contributed by atoms with Crippen LogP contribution in [0.1, 0.15) is 16.8 Å². The molecule has 0 unspecified atom stereocenters. The van der Waals surface area contributed by atoms with E-state index in [1.54, 1.807) is 11.3 Å². The molecule has 24 heavy (non-hydrogen) atoms. The molecule has 1 saturated heterocycles. The van der Waals surface area contributed by atoms with Gasteiger partial charge in [-0.3, -0.25) is 4.99 Å². The molecule has 2 aromatic rings. The van der Waals surface area contributed by atoms with E-state index in [-0.39, 0.29) is 0 Å². The largest absolute Gasteiger partial charge is 0.353 e. The van der Waals surface area contributed by atoms with E-state index >= 15 is 0 Å². The normalized spacial score (nSPS) is 15.7. The van der Waals surface area contributed by atoms with Crippen LogP contribution in [0.25, 0.3) is 0 Å². The van der Waals surface area contributed by atoms with Crippen LogP contribution in [-0.2, 0) is 13.0 Å². The first-order valence-electron chi connectivity index (χ1n) is 8.35. The fourth-order valence-corrected chi connectivity index (χ4v) is 3.57. The molecule has 1 aliphatic rings. The third-order valence-corrected chi connectivity index (χ3v) is 5.25. The maximum absolute atomic E-state index is 4.46. The number of nitrogens with zero attached hydrogens (tertiary/aromatic N) is 5. The minimum absolute atomic E-state index is 0.734. The molecule has 6 nitrogen and oxygen atoms in total. The van der Waals surface area contributed by atoms with Gasteiger partial charge >= 0.3 is 0 Å². The van der Waals surface area contributed by atoms with E-state index in [9.17, 15) is 0 Å². The van der Waals surface area contributed by atoms with E-state index in [0.717, 1.165) is 55.9 Å². The van der Waals surface area contributed by atoms with Gasteiger partial charge in [-0.25, -0.2) is 9.97 Å². The molecule has 0 bridgehead atoms. The van der Waals surface area contributed by atoms with Gasteiger partial charge in [0.25, 0.3) is 0 Å². The SMILES string of the molecule is CCc1cnc(CNC(=NC)N2CCN(c3ccccn3)CC2)s1. The molecule has 0 saturated carbocycles. The molecule has 1 fully saturated rings. The summed E-state index contributed by atoms with van der Waals surface area (Å²) < 4.78 is 0. The molecular formula is C17H24N6S. The van der Waals surface area contributed by atoms with E-state index in [0.29, 0.717) is 0 Å². The zero-order chi connectivity index (χ0) is 16.8. The number of nitrogens with one attached hydrogen (secondary N) is 1. The minimum atomic E-state index is 0.734. The summed E-state index contributed by atoms with van der Waals surface area (Å²) in [5, 5.41) is 4.55. The molecule has 128 valence electrons. The molecule has 2 aromatic heterocycles. The second-order valence-corrected chi connectivity index (χ2v) is 6.84. The van der Waals surface area contributed by atoms with Crippen LogP contribution in [-0.4, -0.2) is 54.1 Å². The van der Waals surface area contributed by atoms with Gasteiger partial charge in [0.05, 0.1) is 6.54 Å². The van der Waals surface area contributed by atoms with Gasteiger partial charge in [0, 0.05) is 50.5 Å². The number of piperazine rings is 1. The van der Waals surface area contributed by atoms with Crippen LogP contribution < -0.4 is 10.2 Å². The van der Waals surface area contributed by atoms with Crippen molar-refractivity contribution in [2.75, 3.05) is 38.1 Å². The Morgan fingerprint density at radius 2 is 2.08 bits per heavy atom. The Morgan fingerprint density at radius 1 is 1.25 bits per heavy atom. The summed E-state index contributed by atoms with van der Waals surface area (Å²) in [7, 11) is 1.84. The molecule has 1 aliphatic heterocycles. The lowest BCUT2D eigenvalue weighted by Crippen LogP contribution is -2.52. The van der Waals surface area contributed by atoms with Crippen LogP contribution in [0.3, 0.4) is 0 Å². The maximum Gasteiger partial charge on any atom is 0.194 e. The number of hydrogen-bond acceptors (Lipinski definition) is 5. The highest BCUT2D eigenvalue weighted by Gasteiger charge is 2.20. The number of aromatic nitrogens is 2. The zero-order valence-corrected chi connectivity index (χ0v) is 15.1. The van der Waals surface area contributed by atoms with Crippen molar-refractivity contribution in [3.05, 3.63) is 40.5 Å². The molecular weight excluding hydrogens is 320 g/mol. The highest BCUT2D eigenvalue weighted by molar-refractivity contribution is 7.11. The molecule has 3 rings (SSSR count). The van der Waals surface area contributed by atoms with Crippen molar-refractivity contribution in [3.63, 3.8) is 0 Å². The predicted molar refractivity (Wildman–Crippen MR) is 99.7 cm³/mol. The lowest BCUT2D eigenvalue weighted by Gasteiger charge is -2.37. The molecule has 0 aliphatic carbocycles. The van der Waals surface area contributed by atoms with Crippen LogP contribution >= 0.6 is 11.3 Å². The third-order valence-electron chi connectivity index (χ3n) is 4.11. The summed E-state index contributed by atoms with van der Waals surface area (Å²) in [6.45, 7) is 6.68. The first-order valence-corrected chi connectivity index (χ1v) is 9.17. The lowest BCUT2D eigenvalue weighted by atomic mass is 10.3. The van der Waals surface area contributed by atoms with E-state index in [4.69, 9.17) is 0 Å². The average molecular weight is 344 g/mol.